The summed E-state index contributed by atoms with van der Waals surface area (Å²) in [5.41, 5.74) is 0. The SMILES string of the molecule is CCC/C=C/CCCNC(=O)/C=C/C(=O)O. The fraction of sp³-hybridized carbons (Fsp3) is 0.500. The van der Waals surface area contributed by atoms with E-state index in [0.717, 1.165) is 37.8 Å². The van der Waals surface area contributed by atoms with E-state index in [1.807, 2.05) is 0 Å². The number of allylic oxidation sites excluding steroid dienone is 2. The van der Waals surface area contributed by atoms with Gasteiger partial charge in [0.05, 0.1) is 0 Å². The topological polar surface area (TPSA) is 66.4 Å². The van der Waals surface area contributed by atoms with Gasteiger partial charge < -0.3 is 10.4 Å². The fourth-order valence-corrected chi connectivity index (χ4v) is 1.04. The molecule has 0 radical (unpaired) electrons. The van der Waals surface area contributed by atoms with Gasteiger partial charge >= 0.3 is 5.97 Å². The average Bonchev–Trinajstić information content (AvgIpc) is 2.25. The molecule has 0 saturated carbocycles. The van der Waals surface area contributed by atoms with Crippen molar-refractivity contribution in [3.05, 3.63) is 24.3 Å². The number of carboxylic acid groups (broad SMARTS) is 1. The minimum Gasteiger partial charge on any atom is -0.478 e. The Morgan fingerprint density at radius 3 is 2.50 bits per heavy atom. The zero-order valence-corrected chi connectivity index (χ0v) is 9.61. The Bertz CT molecular complexity index is 269. The largest absolute Gasteiger partial charge is 0.478 e. The second-order valence-electron chi connectivity index (χ2n) is 3.36. The standard InChI is InChI=1S/C12H19NO3/c1-2-3-4-5-6-7-10-13-11(14)8-9-12(15)16/h4-5,8-9H,2-3,6-7,10H2,1H3,(H,13,14)(H,15,16)/b5-4+,9-8+. The first-order valence-electron chi connectivity index (χ1n) is 5.50. The Morgan fingerprint density at radius 1 is 1.19 bits per heavy atom. The fourth-order valence-electron chi connectivity index (χ4n) is 1.04. The van der Waals surface area contributed by atoms with Crippen LogP contribution in [-0.4, -0.2) is 23.5 Å². The van der Waals surface area contributed by atoms with Gasteiger partial charge in [0.15, 0.2) is 0 Å². The van der Waals surface area contributed by atoms with Crippen molar-refractivity contribution in [1.82, 2.24) is 5.32 Å². The molecule has 0 aromatic rings. The molecule has 0 aliphatic heterocycles. The highest BCUT2D eigenvalue weighted by Crippen LogP contribution is 1.93. The van der Waals surface area contributed by atoms with Crippen molar-refractivity contribution in [1.29, 1.82) is 0 Å². The van der Waals surface area contributed by atoms with Gasteiger partial charge in [-0.2, -0.15) is 0 Å². The van der Waals surface area contributed by atoms with Crippen LogP contribution in [0.25, 0.3) is 0 Å². The second kappa shape index (κ2) is 9.96. The molecule has 0 aromatic heterocycles. The van der Waals surface area contributed by atoms with Gasteiger partial charge in [-0.1, -0.05) is 25.5 Å². The van der Waals surface area contributed by atoms with Gasteiger partial charge in [-0.05, 0) is 19.3 Å². The molecule has 0 heterocycles. The van der Waals surface area contributed by atoms with Crippen molar-refractivity contribution in [2.45, 2.75) is 32.6 Å². The van der Waals surface area contributed by atoms with Gasteiger partial charge in [0, 0.05) is 18.7 Å². The Morgan fingerprint density at radius 2 is 1.88 bits per heavy atom. The number of hydrogen-bond acceptors (Lipinski definition) is 2. The smallest absolute Gasteiger partial charge is 0.328 e. The molecule has 0 aromatic carbocycles. The Kier molecular flexibility index (Phi) is 8.97. The molecule has 0 fully saturated rings. The molecule has 0 atom stereocenters. The van der Waals surface area contributed by atoms with Crippen molar-refractivity contribution in [2.75, 3.05) is 6.54 Å². The summed E-state index contributed by atoms with van der Waals surface area (Å²) in [5, 5.41) is 10.9. The second-order valence-corrected chi connectivity index (χ2v) is 3.36. The Balaban J connectivity index is 3.45. The first-order chi connectivity index (χ1) is 7.66. The van der Waals surface area contributed by atoms with Crippen molar-refractivity contribution < 1.29 is 14.7 Å². The number of hydrogen-bond donors (Lipinski definition) is 2. The predicted octanol–water partition coefficient (Wildman–Crippen LogP) is 1.88. The van der Waals surface area contributed by atoms with Crippen molar-refractivity contribution in [3.63, 3.8) is 0 Å². The van der Waals surface area contributed by atoms with E-state index in [-0.39, 0.29) is 5.91 Å². The zero-order valence-electron chi connectivity index (χ0n) is 9.61. The highest BCUT2D eigenvalue weighted by Gasteiger charge is 1.94. The summed E-state index contributed by atoms with van der Waals surface area (Å²) in [5.74, 6) is -1.47. The summed E-state index contributed by atoms with van der Waals surface area (Å²) >= 11 is 0. The van der Waals surface area contributed by atoms with Gasteiger partial charge in [0.25, 0.3) is 0 Å². The van der Waals surface area contributed by atoms with E-state index in [1.54, 1.807) is 0 Å². The summed E-state index contributed by atoms with van der Waals surface area (Å²) < 4.78 is 0. The van der Waals surface area contributed by atoms with Crippen LogP contribution >= 0.6 is 0 Å². The number of amides is 1. The lowest BCUT2D eigenvalue weighted by atomic mass is 10.2. The van der Waals surface area contributed by atoms with Crippen LogP contribution < -0.4 is 5.32 Å². The van der Waals surface area contributed by atoms with Gasteiger partial charge in [-0.3, -0.25) is 4.79 Å². The number of carboxylic acids is 1. The van der Waals surface area contributed by atoms with Crippen LogP contribution in [0.5, 0.6) is 0 Å². The van der Waals surface area contributed by atoms with E-state index >= 15 is 0 Å². The van der Waals surface area contributed by atoms with Gasteiger partial charge in [0.2, 0.25) is 5.91 Å². The van der Waals surface area contributed by atoms with E-state index in [1.165, 1.54) is 0 Å². The van der Waals surface area contributed by atoms with E-state index in [2.05, 4.69) is 24.4 Å². The number of nitrogens with one attached hydrogen (secondary N) is 1. The minimum atomic E-state index is -1.11. The van der Waals surface area contributed by atoms with Crippen LogP contribution in [0.4, 0.5) is 0 Å². The van der Waals surface area contributed by atoms with E-state index in [0.29, 0.717) is 6.54 Å². The molecule has 16 heavy (non-hydrogen) atoms. The summed E-state index contributed by atoms with van der Waals surface area (Å²) in [6.45, 7) is 2.69. The summed E-state index contributed by atoms with van der Waals surface area (Å²) in [4.78, 5) is 21.1. The number of rotatable bonds is 8. The first-order valence-corrected chi connectivity index (χ1v) is 5.50. The maximum atomic E-state index is 11.0. The van der Waals surface area contributed by atoms with Crippen LogP contribution in [0.3, 0.4) is 0 Å². The molecule has 2 N–H and O–H groups in total. The normalized spacial score (nSPS) is 11.1. The minimum absolute atomic E-state index is 0.361. The number of carbonyl (C=O) groups excluding carboxylic acids is 1. The van der Waals surface area contributed by atoms with Crippen LogP contribution in [0.1, 0.15) is 32.6 Å². The van der Waals surface area contributed by atoms with E-state index in [9.17, 15) is 9.59 Å². The molecule has 1 amide bonds. The van der Waals surface area contributed by atoms with Crippen molar-refractivity contribution >= 4 is 11.9 Å². The molecule has 0 aliphatic rings. The van der Waals surface area contributed by atoms with Gasteiger partial charge in [-0.25, -0.2) is 4.79 Å². The maximum Gasteiger partial charge on any atom is 0.328 e. The molecule has 0 aliphatic carbocycles. The van der Waals surface area contributed by atoms with Crippen LogP contribution in [0, 0.1) is 0 Å². The van der Waals surface area contributed by atoms with Crippen LogP contribution in [0.2, 0.25) is 0 Å². The predicted molar refractivity (Wildman–Crippen MR) is 63.1 cm³/mol. The molecule has 4 nitrogen and oxygen atoms in total. The van der Waals surface area contributed by atoms with Crippen molar-refractivity contribution in [2.24, 2.45) is 0 Å². The third-order valence-corrected chi connectivity index (χ3v) is 1.85. The lowest BCUT2D eigenvalue weighted by Crippen LogP contribution is -2.22. The molecule has 0 rings (SSSR count). The Labute approximate surface area is 96.0 Å². The van der Waals surface area contributed by atoms with Crippen LogP contribution in [-0.2, 0) is 9.59 Å². The summed E-state index contributed by atoms with van der Waals surface area (Å²) in [7, 11) is 0. The van der Waals surface area contributed by atoms with E-state index in [4.69, 9.17) is 5.11 Å². The third kappa shape index (κ3) is 10.5. The molecule has 0 unspecified atom stereocenters. The molecular formula is C12H19NO3. The van der Waals surface area contributed by atoms with Crippen LogP contribution in [0.15, 0.2) is 24.3 Å². The van der Waals surface area contributed by atoms with E-state index < -0.39 is 5.97 Å². The molecule has 0 spiro atoms. The van der Waals surface area contributed by atoms with Gasteiger partial charge in [0.1, 0.15) is 0 Å². The monoisotopic (exact) mass is 225 g/mol. The third-order valence-electron chi connectivity index (χ3n) is 1.85. The quantitative estimate of drug-likeness (QED) is 0.376. The highest BCUT2D eigenvalue weighted by atomic mass is 16.4. The number of unbranched alkanes of at least 4 members (excludes halogenated alkanes) is 2. The molecule has 0 bridgehead atoms. The number of aliphatic carboxylic acids is 1. The summed E-state index contributed by atoms with van der Waals surface area (Å²) in [6, 6.07) is 0. The first kappa shape index (κ1) is 14.4. The molecule has 0 saturated heterocycles. The average molecular weight is 225 g/mol. The lowest BCUT2D eigenvalue weighted by Gasteiger charge is -1.99. The summed E-state index contributed by atoms with van der Waals surface area (Å²) in [6.07, 6.45) is 10.1. The molecule has 90 valence electrons. The zero-order chi connectivity index (χ0) is 12.2. The van der Waals surface area contributed by atoms with Crippen molar-refractivity contribution in [3.8, 4) is 0 Å². The van der Waals surface area contributed by atoms with Gasteiger partial charge in [-0.15, -0.1) is 0 Å². The Hall–Kier alpha value is -1.58. The molecular weight excluding hydrogens is 206 g/mol. The maximum absolute atomic E-state index is 11.0. The molecule has 4 heteroatoms. The number of carbonyl (C=O) groups is 2. The highest BCUT2D eigenvalue weighted by molar-refractivity contribution is 5.93. The lowest BCUT2D eigenvalue weighted by molar-refractivity contribution is -0.131.